The molecule has 1 heterocycles. The molecule has 1 atom stereocenters. The zero-order valence-corrected chi connectivity index (χ0v) is 10.1. The van der Waals surface area contributed by atoms with Crippen LogP contribution < -0.4 is 10.5 Å². The molecule has 0 unspecified atom stereocenters. The summed E-state index contributed by atoms with van der Waals surface area (Å²) in [5.41, 5.74) is 8.69. The first-order valence-corrected chi connectivity index (χ1v) is 6.24. The number of rotatable bonds is 3. The van der Waals surface area contributed by atoms with Crippen LogP contribution in [0.3, 0.4) is 0 Å². The number of nitrogens with zero attached hydrogens (tertiary/aromatic N) is 1. The summed E-state index contributed by atoms with van der Waals surface area (Å²) < 4.78 is 10.7. The number of aromatic nitrogens is 1. The van der Waals surface area contributed by atoms with E-state index in [2.05, 4.69) is 17.3 Å². The van der Waals surface area contributed by atoms with Crippen molar-refractivity contribution in [3.05, 3.63) is 47.3 Å². The summed E-state index contributed by atoms with van der Waals surface area (Å²) in [5, 5.41) is 3.64. The largest absolute Gasteiger partial charge is 0.486 e. The highest BCUT2D eigenvalue weighted by Gasteiger charge is 2.17. The molecule has 0 bridgehead atoms. The van der Waals surface area contributed by atoms with Crippen LogP contribution in [0.2, 0.25) is 0 Å². The van der Waals surface area contributed by atoms with Crippen LogP contribution in [-0.4, -0.2) is 5.16 Å². The second-order valence-corrected chi connectivity index (χ2v) is 4.63. The molecule has 0 saturated heterocycles. The van der Waals surface area contributed by atoms with E-state index < -0.39 is 0 Å². The Balaban J connectivity index is 1.75. The lowest BCUT2D eigenvalue weighted by atomic mass is 9.88. The number of ether oxygens (including phenoxy) is 1. The molecule has 2 N–H and O–H groups in total. The molecule has 94 valence electrons. The first-order valence-electron chi connectivity index (χ1n) is 6.24. The van der Waals surface area contributed by atoms with Crippen molar-refractivity contribution in [3.8, 4) is 5.75 Å². The normalized spacial score (nSPS) is 18.4. The third-order valence-corrected chi connectivity index (χ3v) is 3.35. The molecule has 1 aromatic carbocycles. The maximum Gasteiger partial charge on any atom is 0.174 e. The second kappa shape index (κ2) is 4.82. The van der Waals surface area contributed by atoms with Crippen molar-refractivity contribution in [2.24, 2.45) is 5.73 Å². The van der Waals surface area contributed by atoms with E-state index >= 15 is 0 Å². The van der Waals surface area contributed by atoms with Crippen LogP contribution >= 0.6 is 0 Å². The van der Waals surface area contributed by atoms with E-state index in [0.717, 1.165) is 24.4 Å². The Hall–Kier alpha value is -1.81. The summed E-state index contributed by atoms with van der Waals surface area (Å²) in [7, 11) is 0. The first-order chi connectivity index (χ1) is 8.83. The van der Waals surface area contributed by atoms with E-state index in [4.69, 9.17) is 15.0 Å². The Bertz CT molecular complexity index is 523. The molecule has 0 aliphatic heterocycles. The van der Waals surface area contributed by atoms with Gasteiger partial charge in [-0.15, -0.1) is 0 Å². The van der Waals surface area contributed by atoms with Crippen LogP contribution in [0.1, 0.15) is 35.8 Å². The lowest BCUT2D eigenvalue weighted by Gasteiger charge is -2.22. The predicted octanol–water partition coefficient (Wildman–Crippen LogP) is 2.59. The molecule has 2 aromatic rings. The fourth-order valence-corrected chi connectivity index (χ4v) is 2.37. The second-order valence-electron chi connectivity index (χ2n) is 4.63. The van der Waals surface area contributed by atoms with Gasteiger partial charge in [-0.1, -0.05) is 11.2 Å². The maximum absolute atomic E-state index is 6.12. The van der Waals surface area contributed by atoms with E-state index in [-0.39, 0.29) is 6.04 Å². The lowest BCUT2D eigenvalue weighted by Crippen LogP contribution is -2.17. The van der Waals surface area contributed by atoms with Crippen LogP contribution in [0, 0.1) is 0 Å². The van der Waals surface area contributed by atoms with Crippen molar-refractivity contribution in [3.63, 3.8) is 0 Å². The number of fused-ring (bicyclic) bond motifs is 1. The minimum Gasteiger partial charge on any atom is -0.486 e. The summed E-state index contributed by atoms with van der Waals surface area (Å²) >= 11 is 0. The van der Waals surface area contributed by atoms with Crippen LogP contribution in [0.15, 0.2) is 35.0 Å². The molecule has 4 heteroatoms. The van der Waals surface area contributed by atoms with Gasteiger partial charge < -0.3 is 15.0 Å². The summed E-state index contributed by atoms with van der Waals surface area (Å²) in [6.07, 6.45) is 4.96. The van der Waals surface area contributed by atoms with E-state index in [1.807, 2.05) is 6.07 Å². The third kappa shape index (κ3) is 2.24. The molecule has 0 saturated carbocycles. The average Bonchev–Trinajstić information content (AvgIpc) is 2.90. The van der Waals surface area contributed by atoms with Crippen LogP contribution in [0.4, 0.5) is 0 Å². The van der Waals surface area contributed by atoms with Crippen molar-refractivity contribution < 1.29 is 9.26 Å². The summed E-state index contributed by atoms with van der Waals surface area (Å²) in [6.45, 7) is 0.397. The standard InChI is InChI=1S/C14H16N2O2/c15-14-3-1-2-10-4-5-11(8-13(10)14)17-9-12-6-7-16-18-12/h4-8,14H,1-3,9,15H2/t14-/m1/s1. The van der Waals surface area contributed by atoms with Gasteiger partial charge >= 0.3 is 0 Å². The number of hydrogen-bond acceptors (Lipinski definition) is 4. The van der Waals surface area contributed by atoms with E-state index in [0.29, 0.717) is 6.61 Å². The maximum atomic E-state index is 6.12. The molecule has 1 aromatic heterocycles. The molecule has 18 heavy (non-hydrogen) atoms. The Morgan fingerprint density at radius 2 is 2.33 bits per heavy atom. The fourth-order valence-electron chi connectivity index (χ4n) is 2.37. The highest BCUT2D eigenvalue weighted by Crippen LogP contribution is 2.31. The van der Waals surface area contributed by atoms with Crippen molar-refractivity contribution >= 4 is 0 Å². The zero-order valence-electron chi connectivity index (χ0n) is 10.1. The minimum atomic E-state index is 0.141. The molecule has 3 rings (SSSR count). The topological polar surface area (TPSA) is 61.3 Å². The summed E-state index contributed by atoms with van der Waals surface area (Å²) in [5.74, 6) is 1.56. The smallest absolute Gasteiger partial charge is 0.174 e. The minimum absolute atomic E-state index is 0.141. The highest BCUT2D eigenvalue weighted by atomic mass is 16.5. The van der Waals surface area contributed by atoms with E-state index in [1.165, 1.54) is 17.5 Å². The molecule has 1 aliphatic rings. The SMILES string of the molecule is N[C@@H]1CCCc2ccc(OCc3ccno3)cc21. The van der Waals surface area contributed by atoms with Gasteiger partial charge in [-0.2, -0.15) is 0 Å². The Labute approximate surface area is 106 Å². The van der Waals surface area contributed by atoms with E-state index in [1.54, 1.807) is 12.3 Å². The number of aryl methyl sites for hydroxylation is 1. The number of nitrogens with two attached hydrogens (primary N) is 1. The van der Waals surface area contributed by atoms with Gasteiger partial charge in [-0.05, 0) is 42.5 Å². The molecule has 0 spiro atoms. The van der Waals surface area contributed by atoms with Crippen LogP contribution in [0.25, 0.3) is 0 Å². The van der Waals surface area contributed by atoms with Crippen molar-refractivity contribution in [1.29, 1.82) is 0 Å². The van der Waals surface area contributed by atoms with Gasteiger partial charge in [-0.3, -0.25) is 0 Å². The fraction of sp³-hybridized carbons (Fsp3) is 0.357. The molecule has 0 radical (unpaired) electrons. The van der Waals surface area contributed by atoms with Gasteiger partial charge in [0.15, 0.2) is 5.76 Å². The van der Waals surface area contributed by atoms with Gasteiger partial charge in [-0.25, -0.2) is 0 Å². The van der Waals surface area contributed by atoms with Crippen molar-refractivity contribution in [2.75, 3.05) is 0 Å². The van der Waals surface area contributed by atoms with Gasteiger partial charge in [0, 0.05) is 12.1 Å². The van der Waals surface area contributed by atoms with Crippen molar-refractivity contribution in [2.45, 2.75) is 31.9 Å². The molecule has 4 nitrogen and oxygen atoms in total. The van der Waals surface area contributed by atoms with Crippen LogP contribution in [-0.2, 0) is 13.0 Å². The zero-order chi connectivity index (χ0) is 12.4. The van der Waals surface area contributed by atoms with Gasteiger partial charge in [0.1, 0.15) is 12.4 Å². The van der Waals surface area contributed by atoms with E-state index in [9.17, 15) is 0 Å². The molecular formula is C14H16N2O2. The Morgan fingerprint density at radius 1 is 1.39 bits per heavy atom. The van der Waals surface area contributed by atoms with Gasteiger partial charge in [0.2, 0.25) is 0 Å². The predicted molar refractivity (Wildman–Crippen MR) is 67.1 cm³/mol. The average molecular weight is 244 g/mol. The molecular weight excluding hydrogens is 228 g/mol. The van der Waals surface area contributed by atoms with Gasteiger partial charge in [0.25, 0.3) is 0 Å². The monoisotopic (exact) mass is 244 g/mol. The van der Waals surface area contributed by atoms with Crippen LogP contribution in [0.5, 0.6) is 5.75 Å². The van der Waals surface area contributed by atoms with Gasteiger partial charge in [0.05, 0.1) is 6.20 Å². The number of hydrogen-bond donors (Lipinski definition) is 1. The van der Waals surface area contributed by atoms with Crippen molar-refractivity contribution in [1.82, 2.24) is 5.16 Å². The Kier molecular flexibility index (Phi) is 3.02. The Morgan fingerprint density at radius 3 is 3.17 bits per heavy atom. The summed E-state index contributed by atoms with van der Waals surface area (Å²) in [6, 6.07) is 8.10. The highest BCUT2D eigenvalue weighted by molar-refractivity contribution is 5.39. The quantitative estimate of drug-likeness (QED) is 0.901. The first kappa shape index (κ1) is 11.3. The third-order valence-electron chi connectivity index (χ3n) is 3.35. The lowest BCUT2D eigenvalue weighted by molar-refractivity contribution is 0.249. The summed E-state index contributed by atoms with van der Waals surface area (Å²) in [4.78, 5) is 0. The number of benzene rings is 1. The molecule has 0 fully saturated rings. The molecule has 1 aliphatic carbocycles. The molecule has 0 amide bonds.